The van der Waals surface area contributed by atoms with Gasteiger partial charge in [-0.3, -0.25) is 15.0 Å². The summed E-state index contributed by atoms with van der Waals surface area (Å²) in [5.41, 5.74) is 5.77. The average molecular weight is 417 g/mol. The monoisotopic (exact) mass is 417 g/mol. The van der Waals surface area contributed by atoms with Crippen LogP contribution in [0.15, 0.2) is 72.8 Å². The van der Waals surface area contributed by atoms with Crippen LogP contribution in [0.4, 0.5) is 5.69 Å². The number of methoxy groups -OCH3 is 1. The molecule has 2 amide bonds. The van der Waals surface area contributed by atoms with E-state index in [0.717, 1.165) is 11.1 Å². The fourth-order valence-corrected chi connectivity index (χ4v) is 3.34. The predicted molar refractivity (Wildman–Crippen MR) is 117 cm³/mol. The summed E-state index contributed by atoms with van der Waals surface area (Å²) < 4.78 is 10.8. The molecule has 0 aliphatic carbocycles. The van der Waals surface area contributed by atoms with Gasteiger partial charge in [-0.05, 0) is 48.9 Å². The van der Waals surface area contributed by atoms with Crippen molar-refractivity contribution in [1.29, 1.82) is 0 Å². The van der Waals surface area contributed by atoms with Crippen molar-refractivity contribution in [2.45, 2.75) is 13.1 Å². The number of hydrogen-bond donors (Lipinski definition) is 2. The molecule has 2 N–H and O–H groups in total. The van der Waals surface area contributed by atoms with Gasteiger partial charge in [-0.15, -0.1) is 0 Å². The molecule has 4 rings (SSSR count). The highest BCUT2D eigenvalue weighted by molar-refractivity contribution is 6.02. The summed E-state index contributed by atoms with van der Waals surface area (Å²) in [5.74, 6) is 0.543. The third kappa shape index (κ3) is 4.45. The molecule has 1 aliphatic heterocycles. The van der Waals surface area contributed by atoms with Gasteiger partial charge in [-0.25, -0.2) is 5.01 Å². The number of rotatable bonds is 6. The molecule has 1 atom stereocenters. The maximum atomic E-state index is 13.2. The number of para-hydroxylation sites is 1. The van der Waals surface area contributed by atoms with Crippen molar-refractivity contribution in [3.05, 3.63) is 89.5 Å². The zero-order chi connectivity index (χ0) is 21.8. The van der Waals surface area contributed by atoms with E-state index in [4.69, 9.17) is 9.47 Å². The van der Waals surface area contributed by atoms with Gasteiger partial charge in [0, 0.05) is 5.69 Å². The molecule has 0 saturated carbocycles. The van der Waals surface area contributed by atoms with Gasteiger partial charge in [-0.2, -0.15) is 0 Å². The number of nitrogens with zero attached hydrogens (tertiary/aromatic N) is 1. The van der Waals surface area contributed by atoms with E-state index in [1.165, 1.54) is 5.01 Å². The van der Waals surface area contributed by atoms with Crippen LogP contribution in [0.3, 0.4) is 0 Å². The Balaban J connectivity index is 1.54. The molecule has 0 fully saturated rings. The number of nitrogens with one attached hydrogen (secondary N) is 2. The molecule has 0 saturated heterocycles. The summed E-state index contributed by atoms with van der Waals surface area (Å²) in [6.45, 7) is 1.76. The van der Waals surface area contributed by atoms with Crippen LogP contribution in [0.2, 0.25) is 0 Å². The Morgan fingerprint density at radius 1 is 1.00 bits per heavy atom. The average Bonchev–Trinajstić information content (AvgIpc) is 2.80. The second-order valence-corrected chi connectivity index (χ2v) is 7.18. The lowest BCUT2D eigenvalue weighted by atomic mass is 10.0. The summed E-state index contributed by atoms with van der Waals surface area (Å²) in [6.07, 6.45) is -0.586. The van der Waals surface area contributed by atoms with E-state index in [1.807, 2.05) is 55.5 Å². The second kappa shape index (κ2) is 8.79. The lowest BCUT2D eigenvalue weighted by Gasteiger charge is -2.37. The number of carbonyl (C=O) groups is 2. The highest BCUT2D eigenvalue weighted by atomic mass is 16.5. The van der Waals surface area contributed by atoms with Crippen LogP contribution in [0.1, 0.15) is 27.7 Å². The SMILES string of the molecule is COc1ccc(C2Nc3ccccc3C(=O)N2NC(=O)COc2ccc(C)cc2)cc1. The quantitative estimate of drug-likeness (QED) is 0.640. The van der Waals surface area contributed by atoms with E-state index in [0.29, 0.717) is 22.7 Å². The first-order valence-electron chi connectivity index (χ1n) is 9.87. The molecule has 0 bridgehead atoms. The molecule has 1 heterocycles. The molecule has 7 heteroatoms. The molecule has 31 heavy (non-hydrogen) atoms. The van der Waals surface area contributed by atoms with Gasteiger partial charge in [0.2, 0.25) is 0 Å². The largest absolute Gasteiger partial charge is 0.497 e. The Kier molecular flexibility index (Phi) is 5.75. The van der Waals surface area contributed by atoms with Crippen molar-refractivity contribution in [3.8, 4) is 11.5 Å². The minimum atomic E-state index is -0.586. The second-order valence-electron chi connectivity index (χ2n) is 7.18. The van der Waals surface area contributed by atoms with Gasteiger partial charge in [0.25, 0.3) is 11.8 Å². The number of hydrazine groups is 1. The normalized spacial score (nSPS) is 15.0. The lowest BCUT2D eigenvalue weighted by Crippen LogP contribution is -2.53. The fourth-order valence-electron chi connectivity index (χ4n) is 3.34. The summed E-state index contributed by atoms with van der Waals surface area (Å²) in [4.78, 5) is 25.8. The van der Waals surface area contributed by atoms with Crippen molar-refractivity contribution in [2.75, 3.05) is 19.0 Å². The van der Waals surface area contributed by atoms with Crippen LogP contribution in [0.25, 0.3) is 0 Å². The van der Waals surface area contributed by atoms with Gasteiger partial charge in [0.1, 0.15) is 17.7 Å². The molecule has 3 aromatic rings. The van der Waals surface area contributed by atoms with Crippen molar-refractivity contribution >= 4 is 17.5 Å². The van der Waals surface area contributed by atoms with Crippen molar-refractivity contribution in [2.24, 2.45) is 0 Å². The highest BCUT2D eigenvalue weighted by Crippen LogP contribution is 2.32. The molecular formula is C24H23N3O4. The number of aryl methyl sites for hydroxylation is 1. The molecule has 1 aliphatic rings. The first kappa shape index (κ1) is 20.3. The summed E-state index contributed by atoms with van der Waals surface area (Å²) in [5, 5.41) is 4.62. The summed E-state index contributed by atoms with van der Waals surface area (Å²) in [6, 6.07) is 21.9. The first-order valence-corrected chi connectivity index (χ1v) is 9.87. The minimum Gasteiger partial charge on any atom is -0.497 e. The molecule has 3 aromatic carbocycles. The van der Waals surface area contributed by atoms with E-state index in [9.17, 15) is 9.59 Å². The zero-order valence-electron chi connectivity index (χ0n) is 17.3. The molecule has 158 valence electrons. The predicted octanol–water partition coefficient (Wildman–Crippen LogP) is 3.68. The van der Waals surface area contributed by atoms with E-state index in [1.54, 1.807) is 31.4 Å². The van der Waals surface area contributed by atoms with E-state index < -0.39 is 12.1 Å². The van der Waals surface area contributed by atoms with Crippen LogP contribution in [0, 0.1) is 6.92 Å². The zero-order valence-corrected chi connectivity index (χ0v) is 17.3. The summed E-state index contributed by atoms with van der Waals surface area (Å²) in [7, 11) is 1.59. The standard InChI is InChI=1S/C24H23N3O4/c1-16-7-11-19(12-8-16)31-15-22(28)26-27-23(17-9-13-18(30-2)14-10-17)25-21-6-4-3-5-20(21)24(27)29/h3-14,23,25H,15H2,1-2H3,(H,26,28). The first-order chi connectivity index (χ1) is 15.0. The summed E-state index contributed by atoms with van der Waals surface area (Å²) >= 11 is 0. The number of anilines is 1. The van der Waals surface area contributed by atoms with Crippen LogP contribution < -0.4 is 20.2 Å². The number of hydrogen-bond acceptors (Lipinski definition) is 5. The van der Waals surface area contributed by atoms with Crippen molar-refractivity contribution < 1.29 is 19.1 Å². The number of amides is 2. The van der Waals surface area contributed by atoms with E-state index in [2.05, 4.69) is 10.7 Å². The van der Waals surface area contributed by atoms with Crippen LogP contribution in [-0.2, 0) is 4.79 Å². The Labute approximate surface area is 180 Å². The minimum absolute atomic E-state index is 0.218. The van der Waals surface area contributed by atoms with Crippen molar-refractivity contribution in [3.63, 3.8) is 0 Å². The highest BCUT2D eigenvalue weighted by Gasteiger charge is 2.34. The van der Waals surface area contributed by atoms with Gasteiger partial charge >= 0.3 is 0 Å². The fraction of sp³-hybridized carbons (Fsp3) is 0.167. The number of ether oxygens (including phenoxy) is 2. The molecule has 0 spiro atoms. The smallest absolute Gasteiger partial charge is 0.276 e. The van der Waals surface area contributed by atoms with Crippen molar-refractivity contribution in [1.82, 2.24) is 10.4 Å². The van der Waals surface area contributed by atoms with Crippen LogP contribution in [0.5, 0.6) is 11.5 Å². The van der Waals surface area contributed by atoms with E-state index in [-0.39, 0.29) is 12.5 Å². The van der Waals surface area contributed by atoms with Gasteiger partial charge in [-0.1, -0.05) is 42.0 Å². The van der Waals surface area contributed by atoms with Crippen LogP contribution >= 0.6 is 0 Å². The van der Waals surface area contributed by atoms with E-state index >= 15 is 0 Å². The maximum Gasteiger partial charge on any atom is 0.276 e. The molecule has 1 unspecified atom stereocenters. The Morgan fingerprint density at radius 2 is 1.68 bits per heavy atom. The topological polar surface area (TPSA) is 79.9 Å². The molecule has 0 radical (unpaired) electrons. The third-order valence-electron chi connectivity index (χ3n) is 4.99. The number of fused-ring (bicyclic) bond motifs is 1. The Morgan fingerprint density at radius 3 is 2.39 bits per heavy atom. The third-order valence-corrected chi connectivity index (χ3v) is 4.99. The molecule has 7 nitrogen and oxygen atoms in total. The number of carbonyl (C=O) groups excluding carboxylic acids is 2. The van der Waals surface area contributed by atoms with Gasteiger partial charge < -0.3 is 14.8 Å². The Hall–Kier alpha value is -4.00. The Bertz CT molecular complexity index is 1080. The maximum absolute atomic E-state index is 13.2. The van der Waals surface area contributed by atoms with Gasteiger partial charge in [0.05, 0.1) is 12.7 Å². The molecule has 0 aromatic heterocycles. The number of benzene rings is 3. The van der Waals surface area contributed by atoms with Crippen LogP contribution in [-0.4, -0.2) is 30.5 Å². The lowest BCUT2D eigenvalue weighted by molar-refractivity contribution is -0.127. The molecular weight excluding hydrogens is 394 g/mol. The van der Waals surface area contributed by atoms with Gasteiger partial charge in [0.15, 0.2) is 6.61 Å².